The number of aromatic nitrogens is 3. The lowest BCUT2D eigenvalue weighted by atomic mass is 9.85. The van der Waals surface area contributed by atoms with Gasteiger partial charge in [-0.05, 0) is 92.1 Å². The molecule has 0 radical (unpaired) electrons. The Bertz CT molecular complexity index is 2010. The number of hydrogen-bond donors (Lipinski definition) is 1. The summed E-state index contributed by atoms with van der Waals surface area (Å²) in [7, 11) is -2.06. The lowest BCUT2D eigenvalue weighted by molar-refractivity contribution is 0.415. The summed E-state index contributed by atoms with van der Waals surface area (Å²) in [5, 5.41) is 5.64. The Hall–Kier alpha value is -3.92. The number of nitrogens with one attached hydrogen (secondary N) is 1. The van der Waals surface area contributed by atoms with Crippen molar-refractivity contribution in [2.75, 3.05) is 36.1 Å². The molecule has 2 aromatic heterocycles. The van der Waals surface area contributed by atoms with E-state index in [1.165, 1.54) is 26.9 Å². The first-order valence-corrected chi connectivity index (χ1v) is 16.7. The summed E-state index contributed by atoms with van der Waals surface area (Å²) in [6.45, 7) is 12.4. The lowest BCUT2D eigenvalue weighted by Gasteiger charge is -2.38. The van der Waals surface area contributed by atoms with Crippen LogP contribution in [0.3, 0.4) is 0 Å². The second-order valence-corrected chi connectivity index (χ2v) is 14.6. The van der Waals surface area contributed by atoms with Crippen molar-refractivity contribution in [3.63, 3.8) is 0 Å². The van der Waals surface area contributed by atoms with E-state index in [4.69, 9.17) is 14.8 Å². The van der Waals surface area contributed by atoms with E-state index in [0.717, 1.165) is 61.5 Å². The van der Waals surface area contributed by atoms with Crippen molar-refractivity contribution >= 4 is 33.1 Å². The van der Waals surface area contributed by atoms with Crippen LogP contribution >= 0.6 is 0 Å². The fourth-order valence-corrected chi connectivity index (χ4v) is 7.13. The van der Waals surface area contributed by atoms with E-state index in [0.29, 0.717) is 33.9 Å². The maximum Gasteiger partial charge on any atom is 0.278 e. The highest BCUT2D eigenvalue weighted by Gasteiger charge is 2.28. The smallest absolute Gasteiger partial charge is 0.278 e. The summed E-state index contributed by atoms with van der Waals surface area (Å²) in [4.78, 5) is 21.5. The average molecular weight is 602 g/mol. The highest BCUT2D eigenvalue weighted by molar-refractivity contribution is 7.92. The Morgan fingerprint density at radius 1 is 1.05 bits per heavy atom. The van der Waals surface area contributed by atoms with Crippen LogP contribution in [-0.2, 0) is 28.3 Å². The molecule has 43 heavy (non-hydrogen) atoms. The zero-order valence-corrected chi connectivity index (χ0v) is 26.8. The summed E-state index contributed by atoms with van der Waals surface area (Å²) in [6.07, 6.45) is 7.65. The molecule has 1 N–H and O–H groups in total. The number of sulfonamides is 1. The fraction of sp³-hybridized carbons (Fsp3) is 0.424. The van der Waals surface area contributed by atoms with Gasteiger partial charge in [-0.3, -0.25) is 9.52 Å². The molecule has 2 aromatic carbocycles. The minimum atomic E-state index is -3.60. The van der Waals surface area contributed by atoms with Gasteiger partial charge in [0, 0.05) is 40.5 Å². The molecule has 2 aliphatic heterocycles. The number of rotatable bonds is 5. The Labute approximate surface area is 252 Å². The SMILES string of the molecule is COc1ccc(NS(C)(=O)=O)c(-c2nc3/c(=C\c4cc5c6c(c4C)CCCN6CCC5)c(C(C)(C)C)nn3c(=O)c2C)c1. The van der Waals surface area contributed by atoms with Gasteiger partial charge in [0.2, 0.25) is 10.0 Å². The van der Waals surface area contributed by atoms with Crippen LogP contribution in [0.5, 0.6) is 5.75 Å². The number of fused-ring (bicyclic) bond motifs is 1. The van der Waals surface area contributed by atoms with Crippen molar-refractivity contribution in [3.8, 4) is 17.0 Å². The summed E-state index contributed by atoms with van der Waals surface area (Å²) >= 11 is 0. The van der Waals surface area contributed by atoms with Crippen LogP contribution in [0.25, 0.3) is 23.0 Å². The third-order valence-electron chi connectivity index (χ3n) is 8.62. The number of nitrogens with zero attached hydrogens (tertiary/aromatic N) is 4. The molecule has 4 aromatic rings. The highest BCUT2D eigenvalue weighted by Crippen LogP contribution is 2.39. The topological polar surface area (TPSA) is 106 Å². The van der Waals surface area contributed by atoms with Crippen molar-refractivity contribution in [1.29, 1.82) is 0 Å². The quantitative estimate of drug-likeness (QED) is 0.364. The monoisotopic (exact) mass is 601 g/mol. The van der Waals surface area contributed by atoms with Crippen molar-refractivity contribution in [3.05, 3.63) is 73.3 Å². The Morgan fingerprint density at radius 3 is 2.44 bits per heavy atom. The predicted molar refractivity (Wildman–Crippen MR) is 172 cm³/mol. The normalized spacial score (nSPS) is 15.6. The van der Waals surface area contributed by atoms with Crippen LogP contribution in [0.2, 0.25) is 0 Å². The molecule has 0 fully saturated rings. The molecular weight excluding hydrogens is 562 g/mol. The summed E-state index contributed by atoms with van der Waals surface area (Å²) in [6, 6.07) is 7.31. The second-order valence-electron chi connectivity index (χ2n) is 12.8. The van der Waals surface area contributed by atoms with E-state index < -0.39 is 10.0 Å². The van der Waals surface area contributed by atoms with Crippen molar-refractivity contribution in [2.24, 2.45) is 0 Å². The molecule has 0 aliphatic carbocycles. The zero-order chi connectivity index (χ0) is 30.8. The van der Waals surface area contributed by atoms with E-state index in [1.54, 1.807) is 32.2 Å². The van der Waals surface area contributed by atoms with Gasteiger partial charge in [0.05, 0.1) is 30.4 Å². The first kappa shape index (κ1) is 29.2. The summed E-state index contributed by atoms with van der Waals surface area (Å²) in [5.41, 5.74) is 8.67. The Kier molecular flexibility index (Phi) is 7.03. The molecule has 2 aliphatic rings. The van der Waals surface area contributed by atoms with Crippen molar-refractivity contribution < 1.29 is 13.2 Å². The number of methoxy groups -OCH3 is 1. The van der Waals surface area contributed by atoms with Crippen LogP contribution < -0.4 is 25.1 Å². The Balaban J connectivity index is 1.67. The molecule has 0 unspecified atom stereocenters. The predicted octanol–water partition coefficient (Wildman–Crippen LogP) is 4.30. The van der Waals surface area contributed by atoms with E-state index in [1.807, 2.05) is 0 Å². The molecule has 0 amide bonds. The molecule has 10 heteroatoms. The van der Waals surface area contributed by atoms with E-state index >= 15 is 0 Å². The molecule has 9 nitrogen and oxygen atoms in total. The van der Waals surface area contributed by atoms with Gasteiger partial charge < -0.3 is 9.64 Å². The minimum absolute atomic E-state index is 0.300. The van der Waals surface area contributed by atoms with E-state index in [-0.39, 0.29) is 11.0 Å². The molecular formula is C33H39N5O4S. The minimum Gasteiger partial charge on any atom is -0.497 e. The van der Waals surface area contributed by atoms with Gasteiger partial charge in [0.25, 0.3) is 5.56 Å². The molecule has 0 spiro atoms. The molecule has 6 rings (SSSR count). The van der Waals surface area contributed by atoms with E-state index in [9.17, 15) is 13.2 Å². The largest absolute Gasteiger partial charge is 0.497 e. The first-order valence-electron chi connectivity index (χ1n) is 14.8. The van der Waals surface area contributed by atoms with Crippen LogP contribution in [0.1, 0.15) is 67.1 Å². The van der Waals surface area contributed by atoms with E-state index in [2.05, 4.69) is 49.5 Å². The molecule has 0 saturated carbocycles. The van der Waals surface area contributed by atoms with Gasteiger partial charge in [-0.15, -0.1) is 0 Å². The molecule has 0 bridgehead atoms. The van der Waals surface area contributed by atoms with Crippen LogP contribution in [0, 0.1) is 13.8 Å². The maximum absolute atomic E-state index is 13.9. The average Bonchev–Trinajstić information content (AvgIpc) is 3.32. The van der Waals surface area contributed by atoms with Gasteiger partial charge in [0.1, 0.15) is 5.75 Å². The van der Waals surface area contributed by atoms with Gasteiger partial charge in [0.15, 0.2) is 5.65 Å². The summed E-state index contributed by atoms with van der Waals surface area (Å²) in [5.74, 6) is 0.519. The molecule has 226 valence electrons. The Morgan fingerprint density at radius 2 is 1.77 bits per heavy atom. The van der Waals surface area contributed by atoms with Crippen LogP contribution in [-0.4, -0.2) is 49.5 Å². The van der Waals surface area contributed by atoms with Crippen molar-refractivity contribution in [2.45, 2.75) is 65.7 Å². The van der Waals surface area contributed by atoms with Gasteiger partial charge in [-0.25, -0.2) is 13.4 Å². The van der Waals surface area contributed by atoms with Gasteiger partial charge >= 0.3 is 0 Å². The number of aryl methyl sites for hydroxylation is 1. The highest BCUT2D eigenvalue weighted by atomic mass is 32.2. The molecule has 0 saturated heterocycles. The lowest BCUT2D eigenvalue weighted by Crippen LogP contribution is -2.35. The third kappa shape index (κ3) is 5.15. The van der Waals surface area contributed by atoms with Crippen LogP contribution in [0.15, 0.2) is 29.1 Å². The number of anilines is 2. The zero-order valence-electron chi connectivity index (χ0n) is 26.0. The second kappa shape index (κ2) is 10.4. The van der Waals surface area contributed by atoms with Crippen LogP contribution in [0.4, 0.5) is 11.4 Å². The molecule has 0 atom stereocenters. The number of benzene rings is 2. The maximum atomic E-state index is 13.9. The molecule has 4 heterocycles. The third-order valence-corrected chi connectivity index (χ3v) is 9.21. The summed E-state index contributed by atoms with van der Waals surface area (Å²) < 4.78 is 33.9. The number of ether oxygens (including phenoxy) is 1. The van der Waals surface area contributed by atoms with Gasteiger partial charge in [-0.1, -0.05) is 20.8 Å². The standard InChI is InChI=1S/C33H39N5O4S/c1-19-22(16-21-10-8-14-37-15-9-11-24(19)29(21)37)17-26-30(33(3,4)5)35-38-31(26)34-28(20(2)32(38)39)25-18-23(42-6)12-13-27(25)36-43(7,40)41/h12-13,16-18,36H,8-11,14-15H2,1-7H3/b26-17-. The fourth-order valence-electron chi connectivity index (χ4n) is 6.55. The van der Waals surface area contributed by atoms with Gasteiger partial charge in [-0.2, -0.15) is 9.61 Å². The van der Waals surface area contributed by atoms with Crippen molar-refractivity contribution in [1.82, 2.24) is 14.6 Å². The first-order chi connectivity index (χ1) is 20.3. The number of hydrogen-bond acceptors (Lipinski definition) is 7.